The molecule has 1 aromatic rings. The summed E-state index contributed by atoms with van der Waals surface area (Å²) >= 11 is 3.66. The number of halogens is 1. The molecule has 0 bridgehead atoms. The van der Waals surface area contributed by atoms with E-state index in [0.717, 1.165) is 10.0 Å². The van der Waals surface area contributed by atoms with Gasteiger partial charge in [-0.1, -0.05) is 13.0 Å². The van der Waals surface area contributed by atoms with Crippen molar-refractivity contribution >= 4 is 21.6 Å². The summed E-state index contributed by atoms with van der Waals surface area (Å²) in [5.74, 6) is 0. The summed E-state index contributed by atoms with van der Waals surface area (Å²) in [4.78, 5) is 2.52. The van der Waals surface area contributed by atoms with E-state index in [4.69, 9.17) is 0 Å². The first-order valence-corrected chi connectivity index (χ1v) is 7.59. The maximum absolute atomic E-state index is 9.62. The first kappa shape index (κ1) is 13.9. The maximum atomic E-state index is 9.62. The minimum Gasteiger partial charge on any atom is -0.389 e. The highest BCUT2D eigenvalue weighted by Crippen LogP contribution is 2.37. The molecule has 1 N–H and O–H groups in total. The van der Waals surface area contributed by atoms with Crippen LogP contribution < -0.4 is 4.90 Å². The molecule has 18 heavy (non-hydrogen) atoms. The van der Waals surface area contributed by atoms with Gasteiger partial charge in [0.25, 0.3) is 0 Å². The fourth-order valence-corrected chi connectivity index (χ4v) is 3.50. The summed E-state index contributed by atoms with van der Waals surface area (Å²) in [5, 5.41) is 9.62. The van der Waals surface area contributed by atoms with E-state index in [-0.39, 0.29) is 0 Å². The lowest BCUT2D eigenvalue weighted by atomic mass is 10.1. The fourth-order valence-electron chi connectivity index (χ4n) is 2.90. The van der Waals surface area contributed by atoms with Gasteiger partial charge in [-0.25, -0.2) is 0 Å². The molecule has 1 aromatic carbocycles. The normalized spacial score (nSPS) is 25.5. The highest BCUT2D eigenvalue weighted by Gasteiger charge is 2.30. The monoisotopic (exact) mass is 311 g/mol. The molecule has 1 fully saturated rings. The van der Waals surface area contributed by atoms with Crippen LogP contribution >= 0.6 is 15.9 Å². The molecular formula is C15H22BrNO. The van der Waals surface area contributed by atoms with Crippen molar-refractivity contribution < 1.29 is 5.11 Å². The summed E-state index contributed by atoms with van der Waals surface area (Å²) in [6.07, 6.45) is 3.33. The zero-order valence-corrected chi connectivity index (χ0v) is 12.9. The molecule has 0 radical (unpaired) electrons. The van der Waals surface area contributed by atoms with Crippen LogP contribution in [0.15, 0.2) is 22.7 Å². The molecule has 3 atom stereocenters. The van der Waals surface area contributed by atoms with Crippen LogP contribution in [0.1, 0.15) is 51.7 Å². The molecule has 2 nitrogen and oxygen atoms in total. The summed E-state index contributed by atoms with van der Waals surface area (Å²) in [6.45, 7) is 6.35. The van der Waals surface area contributed by atoms with Crippen molar-refractivity contribution in [2.24, 2.45) is 0 Å². The van der Waals surface area contributed by atoms with E-state index in [0.29, 0.717) is 12.1 Å². The lowest BCUT2D eigenvalue weighted by Crippen LogP contribution is -2.34. The third-order valence-electron chi connectivity index (χ3n) is 3.99. The highest BCUT2D eigenvalue weighted by molar-refractivity contribution is 9.10. The van der Waals surface area contributed by atoms with E-state index in [1.54, 1.807) is 6.92 Å². The Kier molecular flexibility index (Phi) is 4.33. The largest absolute Gasteiger partial charge is 0.389 e. The molecule has 2 unspecified atom stereocenters. The molecule has 0 spiro atoms. The van der Waals surface area contributed by atoms with Gasteiger partial charge in [-0.15, -0.1) is 0 Å². The van der Waals surface area contributed by atoms with Crippen molar-refractivity contribution in [3.63, 3.8) is 0 Å². The predicted octanol–water partition coefficient (Wildman–Crippen LogP) is 4.27. The number of benzene rings is 1. The minimum absolute atomic E-state index is 0.409. The first-order chi connectivity index (χ1) is 8.54. The molecule has 0 aliphatic carbocycles. The molecule has 3 heteroatoms. The summed E-state index contributed by atoms with van der Waals surface area (Å²) in [6, 6.07) is 7.45. The summed E-state index contributed by atoms with van der Waals surface area (Å²) in [7, 11) is 0. The van der Waals surface area contributed by atoms with Gasteiger partial charge in [0.2, 0.25) is 0 Å². The number of hydrogen-bond acceptors (Lipinski definition) is 2. The zero-order valence-electron chi connectivity index (χ0n) is 11.4. The lowest BCUT2D eigenvalue weighted by molar-refractivity contribution is 0.199. The molecule has 1 heterocycles. The van der Waals surface area contributed by atoms with Gasteiger partial charge in [0.15, 0.2) is 0 Å². The highest BCUT2D eigenvalue weighted by atomic mass is 79.9. The topological polar surface area (TPSA) is 23.5 Å². The molecule has 0 amide bonds. The van der Waals surface area contributed by atoms with Crippen LogP contribution in [0.25, 0.3) is 0 Å². The Balaban J connectivity index is 2.33. The third-order valence-corrected chi connectivity index (χ3v) is 4.62. The number of rotatable bonds is 3. The summed E-state index contributed by atoms with van der Waals surface area (Å²) < 4.78 is 1.09. The van der Waals surface area contributed by atoms with Gasteiger partial charge >= 0.3 is 0 Å². The van der Waals surface area contributed by atoms with Gasteiger partial charge in [-0.05, 0) is 66.7 Å². The number of aliphatic hydroxyl groups is 1. The molecule has 1 aliphatic rings. The van der Waals surface area contributed by atoms with E-state index in [1.807, 2.05) is 12.1 Å². The van der Waals surface area contributed by atoms with E-state index < -0.39 is 6.10 Å². The minimum atomic E-state index is -0.409. The Bertz CT molecular complexity index is 419. The lowest BCUT2D eigenvalue weighted by Gasteiger charge is -2.31. The molecule has 0 aromatic heterocycles. The Morgan fingerprint density at radius 1 is 1.44 bits per heavy atom. The number of hydrogen-bond donors (Lipinski definition) is 1. The Morgan fingerprint density at radius 3 is 2.72 bits per heavy atom. The average Bonchev–Trinajstić information content (AvgIpc) is 2.70. The first-order valence-electron chi connectivity index (χ1n) is 6.80. The second-order valence-electron chi connectivity index (χ2n) is 5.28. The number of anilines is 1. The SMILES string of the molecule is CCC1CCC(C)N1c1ccc([C@@H](C)O)cc1Br. The van der Waals surface area contributed by atoms with Crippen molar-refractivity contribution in [1.82, 2.24) is 0 Å². The van der Waals surface area contributed by atoms with Gasteiger partial charge < -0.3 is 10.0 Å². The Labute approximate surface area is 118 Å². The van der Waals surface area contributed by atoms with E-state index in [1.165, 1.54) is 24.9 Å². The molecule has 1 aliphatic heterocycles. The summed E-state index contributed by atoms with van der Waals surface area (Å²) in [5.41, 5.74) is 2.22. The van der Waals surface area contributed by atoms with E-state index in [2.05, 4.69) is 40.7 Å². The van der Waals surface area contributed by atoms with Crippen LogP contribution in [0, 0.1) is 0 Å². The van der Waals surface area contributed by atoms with Gasteiger partial charge in [0.1, 0.15) is 0 Å². The van der Waals surface area contributed by atoms with Gasteiger partial charge in [-0.3, -0.25) is 0 Å². The molecule has 100 valence electrons. The predicted molar refractivity (Wildman–Crippen MR) is 80.0 cm³/mol. The Morgan fingerprint density at radius 2 is 2.17 bits per heavy atom. The molecule has 1 saturated heterocycles. The smallest absolute Gasteiger partial charge is 0.0762 e. The van der Waals surface area contributed by atoms with Crippen molar-refractivity contribution in [3.8, 4) is 0 Å². The number of aliphatic hydroxyl groups excluding tert-OH is 1. The molecular weight excluding hydrogens is 290 g/mol. The second-order valence-corrected chi connectivity index (χ2v) is 6.14. The van der Waals surface area contributed by atoms with Crippen molar-refractivity contribution in [2.75, 3.05) is 4.90 Å². The van der Waals surface area contributed by atoms with E-state index >= 15 is 0 Å². The van der Waals surface area contributed by atoms with E-state index in [9.17, 15) is 5.11 Å². The quantitative estimate of drug-likeness (QED) is 0.901. The van der Waals surface area contributed by atoms with Gasteiger partial charge in [0.05, 0.1) is 11.8 Å². The second kappa shape index (κ2) is 5.62. The van der Waals surface area contributed by atoms with Crippen LogP contribution in [-0.4, -0.2) is 17.2 Å². The van der Waals surface area contributed by atoms with Crippen LogP contribution in [0.3, 0.4) is 0 Å². The van der Waals surface area contributed by atoms with Crippen molar-refractivity contribution in [2.45, 2.75) is 58.2 Å². The molecule has 2 rings (SSSR count). The van der Waals surface area contributed by atoms with Crippen LogP contribution in [0.5, 0.6) is 0 Å². The Hall–Kier alpha value is -0.540. The van der Waals surface area contributed by atoms with Gasteiger partial charge in [0, 0.05) is 16.6 Å². The van der Waals surface area contributed by atoms with Crippen molar-refractivity contribution in [3.05, 3.63) is 28.2 Å². The van der Waals surface area contributed by atoms with Crippen LogP contribution in [0.2, 0.25) is 0 Å². The molecule has 0 saturated carbocycles. The zero-order chi connectivity index (χ0) is 13.3. The average molecular weight is 312 g/mol. The third kappa shape index (κ3) is 2.57. The fraction of sp³-hybridized carbons (Fsp3) is 0.600. The number of nitrogens with zero attached hydrogens (tertiary/aromatic N) is 1. The van der Waals surface area contributed by atoms with Crippen LogP contribution in [0.4, 0.5) is 5.69 Å². The standard InChI is InChI=1S/C15H22BrNO/c1-4-13-7-5-10(2)17(13)15-8-6-12(11(3)18)9-14(15)16/h6,8-11,13,18H,4-5,7H2,1-3H3/t10?,11-,13?/m1/s1. The maximum Gasteiger partial charge on any atom is 0.0762 e. The van der Waals surface area contributed by atoms with Gasteiger partial charge in [-0.2, -0.15) is 0 Å². The van der Waals surface area contributed by atoms with Crippen molar-refractivity contribution in [1.29, 1.82) is 0 Å². The van der Waals surface area contributed by atoms with Crippen LogP contribution in [-0.2, 0) is 0 Å².